The van der Waals surface area contributed by atoms with E-state index in [0.29, 0.717) is 18.9 Å². The number of morpholine rings is 1. The lowest BCUT2D eigenvalue weighted by molar-refractivity contribution is 0.0234. The summed E-state index contributed by atoms with van der Waals surface area (Å²) in [5, 5.41) is 7.48. The van der Waals surface area contributed by atoms with Crippen LogP contribution in [-0.2, 0) is 16.0 Å². The van der Waals surface area contributed by atoms with E-state index >= 15 is 0 Å². The first kappa shape index (κ1) is 17.4. The van der Waals surface area contributed by atoms with Gasteiger partial charge in [0.2, 0.25) is 0 Å². The van der Waals surface area contributed by atoms with Crippen LogP contribution in [0.2, 0.25) is 0 Å². The van der Waals surface area contributed by atoms with Crippen LogP contribution in [-0.4, -0.2) is 61.0 Å². The van der Waals surface area contributed by atoms with E-state index < -0.39 is 5.97 Å². The minimum atomic E-state index is -0.434. The highest BCUT2D eigenvalue weighted by Crippen LogP contribution is 2.31. The Balaban J connectivity index is 1.57. The number of carbonyl (C=O) groups excluding carboxylic acids is 1. The number of rotatable bonds is 7. The second-order valence-corrected chi connectivity index (χ2v) is 6.63. The second kappa shape index (κ2) is 8.09. The Bertz CT molecular complexity index is 534. The van der Waals surface area contributed by atoms with Crippen LogP contribution in [0.15, 0.2) is 10.6 Å². The Hall–Kier alpha value is -1.44. The maximum atomic E-state index is 11.7. The molecule has 2 heterocycles. The van der Waals surface area contributed by atoms with E-state index in [4.69, 9.17) is 14.0 Å². The van der Waals surface area contributed by atoms with Crippen LogP contribution >= 0.6 is 0 Å². The Morgan fingerprint density at radius 1 is 1.38 bits per heavy atom. The molecule has 0 aromatic carbocycles. The highest BCUT2D eigenvalue weighted by molar-refractivity contribution is 5.87. The summed E-state index contributed by atoms with van der Waals surface area (Å²) in [4.78, 5) is 14.1. The molecule has 7 heteroatoms. The van der Waals surface area contributed by atoms with Crippen molar-refractivity contribution in [3.63, 3.8) is 0 Å². The van der Waals surface area contributed by atoms with Gasteiger partial charge in [0.25, 0.3) is 0 Å². The van der Waals surface area contributed by atoms with Crippen LogP contribution in [0.5, 0.6) is 0 Å². The van der Waals surface area contributed by atoms with Gasteiger partial charge in [-0.25, -0.2) is 4.79 Å². The minimum absolute atomic E-state index is 0.119. The van der Waals surface area contributed by atoms with Crippen molar-refractivity contribution in [1.82, 2.24) is 15.4 Å². The predicted octanol–water partition coefficient (Wildman–Crippen LogP) is 1.59. The van der Waals surface area contributed by atoms with Gasteiger partial charge in [0.1, 0.15) is 0 Å². The zero-order valence-electron chi connectivity index (χ0n) is 14.4. The quantitative estimate of drug-likeness (QED) is 0.757. The molecule has 0 atom stereocenters. The van der Waals surface area contributed by atoms with Gasteiger partial charge in [-0.2, -0.15) is 0 Å². The van der Waals surface area contributed by atoms with Crippen molar-refractivity contribution in [2.24, 2.45) is 0 Å². The molecule has 2 fully saturated rings. The lowest BCUT2D eigenvalue weighted by Crippen LogP contribution is -2.53. The fraction of sp³-hybridized carbons (Fsp3) is 0.765. The van der Waals surface area contributed by atoms with Crippen molar-refractivity contribution in [1.29, 1.82) is 0 Å². The van der Waals surface area contributed by atoms with Crippen molar-refractivity contribution in [2.45, 2.75) is 44.7 Å². The molecule has 0 unspecified atom stereocenters. The average molecular weight is 337 g/mol. The SMILES string of the molecule is CCOC(=O)c1cc(CNC2(CN3CCOCC3)CCCC2)on1. The van der Waals surface area contributed by atoms with E-state index in [1.807, 2.05) is 0 Å². The number of esters is 1. The first-order chi connectivity index (χ1) is 11.7. The zero-order valence-corrected chi connectivity index (χ0v) is 14.4. The molecule has 2 aliphatic rings. The van der Waals surface area contributed by atoms with E-state index in [1.54, 1.807) is 13.0 Å². The second-order valence-electron chi connectivity index (χ2n) is 6.63. The lowest BCUT2D eigenvalue weighted by atomic mass is 9.96. The summed E-state index contributed by atoms with van der Waals surface area (Å²) >= 11 is 0. The summed E-state index contributed by atoms with van der Waals surface area (Å²) in [5.41, 5.74) is 0.358. The van der Waals surface area contributed by atoms with Crippen molar-refractivity contribution < 1.29 is 18.8 Å². The van der Waals surface area contributed by atoms with Crippen molar-refractivity contribution in [3.05, 3.63) is 17.5 Å². The van der Waals surface area contributed by atoms with Crippen molar-refractivity contribution in [3.8, 4) is 0 Å². The van der Waals surface area contributed by atoms with E-state index in [2.05, 4.69) is 15.4 Å². The molecule has 24 heavy (non-hydrogen) atoms. The highest BCUT2D eigenvalue weighted by atomic mass is 16.5. The van der Waals surface area contributed by atoms with Gasteiger partial charge in [-0.05, 0) is 19.8 Å². The molecule has 3 rings (SSSR count). The Morgan fingerprint density at radius 3 is 2.83 bits per heavy atom. The van der Waals surface area contributed by atoms with Gasteiger partial charge in [0.15, 0.2) is 11.5 Å². The summed E-state index contributed by atoms with van der Waals surface area (Å²) in [7, 11) is 0. The third kappa shape index (κ3) is 4.34. The van der Waals surface area contributed by atoms with Crippen molar-refractivity contribution in [2.75, 3.05) is 39.5 Å². The minimum Gasteiger partial charge on any atom is -0.461 e. The summed E-state index contributed by atoms with van der Waals surface area (Å²) in [5.74, 6) is 0.239. The van der Waals surface area contributed by atoms with Gasteiger partial charge in [-0.1, -0.05) is 18.0 Å². The average Bonchev–Trinajstić information content (AvgIpc) is 3.24. The normalized spacial score (nSPS) is 21.0. The predicted molar refractivity (Wildman–Crippen MR) is 87.8 cm³/mol. The Labute approximate surface area is 142 Å². The van der Waals surface area contributed by atoms with Gasteiger partial charge in [0.05, 0.1) is 26.4 Å². The van der Waals surface area contributed by atoms with E-state index in [1.165, 1.54) is 25.7 Å². The molecule has 0 radical (unpaired) electrons. The lowest BCUT2D eigenvalue weighted by Gasteiger charge is -2.37. The monoisotopic (exact) mass is 337 g/mol. The molecule has 0 amide bonds. The molecule has 0 spiro atoms. The molecule has 1 aliphatic carbocycles. The highest BCUT2D eigenvalue weighted by Gasteiger charge is 2.35. The summed E-state index contributed by atoms with van der Waals surface area (Å²) in [6, 6.07) is 1.67. The molecule has 1 saturated heterocycles. The van der Waals surface area contributed by atoms with Crippen LogP contribution in [0, 0.1) is 0 Å². The van der Waals surface area contributed by atoms with Crippen LogP contribution in [0.25, 0.3) is 0 Å². The topological polar surface area (TPSA) is 76.8 Å². The standard InChI is InChI=1S/C17H27N3O4/c1-2-23-16(21)15-11-14(24-19-15)12-18-17(5-3-4-6-17)13-20-7-9-22-10-8-20/h11,18H,2-10,12-13H2,1H3. The largest absolute Gasteiger partial charge is 0.461 e. The summed E-state index contributed by atoms with van der Waals surface area (Å²) < 4.78 is 15.7. The molecule has 1 aromatic heterocycles. The smallest absolute Gasteiger partial charge is 0.360 e. The maximum absolute atomic E-state index is 11.7. The third-order valence-electron chi connectivity index (χ3n) is 4.87. The van der Waals surface area contributed by atoms with Gasteiger partial charge in [-0.3, -0.25) is 4.90 Å². The van der Waals surface area contributed by atoms with Gasteiger partial charge < -0.3 is 19.3 Å². The number of nitrogens with zero attached hydrogens (tertiary/aromatic N) is 2. The zero-order chi connectivity index (χ0) is 16.8. The van der Waals surface area contributed by atoms with Crippen LogP contribution in [0.1, 0.15) is 48.9 Å². The van der Waals surface area contributed by atoms with Crippen LogP contribution in [0.4, 0.5) is 0 Å². The molecular formula is C17H27N3O4. The first-order valence-electron chi connectivity index (χ1n) is 8.89. The number of hydrogen-bond donors (Lipinski definition) is 1. The summed E-state index contributed by atoms with van der Waals surface area (Å²) in [6.45, 7) is 7.36. The van der Waals surface area contributed by atoms with E-state index in [-0.39, 0.29) is 11.2 Å². The fourth-order valence-electron chi connectivity index (χ4n) is 3.60. The Morgan fingerprint density at radius 2 is 2.12 bits per heavy atom. The summed E-state index contributed by atoms with van der Waals surface area (Å²) in [6.07, 6.45) is 4.84. The molecule has 1 N–H and O–H groups in total. The maximum Gasteiger partial charge on any atom is 0.360 e. The van der Waals surface area contributed by atoms with Gasteiger partial charge in [-0.15, -0.1) is 0 Å². The molecular weight excluding hydrogens is 310 g/mol. The molecule has 1 aromatic rings. The van der Waals surface area contributed by atoms with Crippen LogP contribution in [0.3, 0.4) is 0 Å². The number of aromatic nitrogens is 1. The van der Waals surface area contributed by atoms with E-state index in [0.717, 1.165) is 32.8 Å². The van der Waals surface area contributed by atoms with E-state index in [9.17, 15) is 4.79 Å². The molecule has 134 valence electrons. The number of carbonyl (C=O) groups is 1. The van der Waals surface area contributed by atoms with Gasteiger partial charge >= 0.3 is 5.97 Å². The Kier molecular flexibility index (Phi) is 5.86. The number of nitrogens with one attached hydrogen (secondary N) is 1. The molecule has 1 aliphatic heterocycles. The molecule has 1 saturated carbocycles. The third-order valence-corrected chi connectivity index (χ3v) is 4.87. The fourth-order valence-corrected chi connectivity index (χ4v) is 3.60. The molecule has 7 nitrogen and oxygen atoms in total. The number of ether oxygens (including phenoxy) is 2. The number of hydrogen-bond acceptors (Lipinski definition) is 7. The van der Waals surface area contributed by atoms with Gasteiger partial charge in [0, 0.05) is 31.2 Å². The van der Waals surface area contributed by atoms with Crippen molar-refractivity contribution >= 4 is 5.97 Å². The first-order valence-corrected chi connectivity index (χ1v) is 8.89. The molecule has 0 bridgehead atoms. The van der Waals surface area contributed by atoms with Crippen LogP contribution < -0.4 is 5.32 Å².